The van der Waals surface area contributed by atoms with E-state index in [1.807, 2.05) is 32.7 Å². The molecule has 2 atom stereocenters. The molecule has 0 aromatic carbocycles. The second kappa shape index (κ2) is 4.48. The molecular formula is C13H24N2O2. The summed E-state index contributed by atoms with van der Waals surface area (Å²) in [6.07, 6.45) is 4.25. The normalized spacial score (nSPS) is 32.7. The molecule has 2 fully saturated rings. The first kappa shape index (κ1) is 12.7. The van der Waals surface area contributed by atoms with Gasteiger partial charge in [0.15, 0.2) is 0 Å². The van der Waals surface area contributed by atoms with Gasteiger partial charge < -0.3 is 15.0 Å². The Bertz CT molecular complexity index is 284. The van der Waals surface area contributed by atoms with E-state index in [1.54, 1.807) is 0 Å². The Kier molecular flexibility index (Phi) is 3.34. The van der Waals surface area contributed by atoms with Gasteiger partial charge in [0.1, 0.15) is 5.60 Å². The number of hydrogen-bond donors (Lipinski definition) is 1. The Morgan fingerprint density at radius 1 is 1.24 bits per heavy atom. The van der Waals surface area contributed by atoms with Crippen molar-refractivity contribution < 1.29 is 9.53 Å². The highest BCUT2D eigenvalue weighted by Gasteiger charge is 2.44. The Hall–Kier alpha value is -0.770. The quantitative estimate of drug-likeness (QED) is 0.763. The molecule has 0 spiro atoms. The zero-order valence-electron chi connectivity index (χ0n) is 11.3. The fourth-order valence-electron chi connectivity index (χ4n) is 3.03. The summed E-state index contributed by atoms with van der Waals surface area (Å²) in [6, 6.07) is 1.31. The molecule has 1 amide bonds. The van der Waals surface area contributed by atoms with E-state index in [9.17, 15) is 4.79 Å². The van der Waals surface area contributed by atoms with Crippen molar-refractivity contribution in [1.29, 1.82) is 0 Å². The number of nitrogens with one attached hydrogen (secondary N) is 1. The van der Waals surface area contributed by atoms with Gasteiger partial charge in [-0.05, 0) is 53.5 Å². The molecule has 0 aromatic heterocycles. The molecule has 2 bridgehead atoms. The average Bonchev–Trinajstić information content (AvgIpc) is 2.47. The summed E-state index contributed by atoms with van der Waals surface area (Å²) in [4.78, 5) is 14.1. The van der Waals surface area contributed by atoms with Crippen molar-refractivity contribution in [2.24, 2.45) is 0 Å². The number of carbonyl (C=O) groups excluding carboxylic acids is 1. The van der Waals surface area contributed by atoms with Crippen LogP contribution in [0.5, 0.6) is 0 Å². The topological polar surface area (TPSA) is 41.6 Å². The van der Waals surface area contributed by atoms with Gasteiger partial charge in [0.25, 0.3) is 0 Å². The third kappa shape index (κ3) is 2.73. The maximum Gasteiger partial charge on any atom is 0.410 e. The smallest absolute Gasteiger partial charge is 0.410 e. The van der Waals surface area contributed by atoms with Gasteiger partial charge in [-0.2, -0.15) is 0 Å². The summed E-state index contributed by atoms with van der Waals surface area (Å²) in [5.74, 6) is 0. The van der Waals surface area contributed by atoms with Crippen LogP contribution in [-0.2, 0) is 4.74 Å². The van der Waals surface area contributed by atoms with Gasteiger partial charge in [-0.25, -0.2) is 4.79 Å². The van der Waals surface area contributed by atoms with Crippen LogP contribution < -0.4 is 5.32 Å². The summed E-state index contributed by atoms with van der Waals surface area (Å²) in [6.45, 7) is 5.77. The molecule has 2 aliphatic heterocycles. The number of piperidine rings is 1. The van der Waals surface area contributed by atoms with E-state index in [0.717, 1.165) is 25.7 Å². The van der Waals surface area contributed by atoms with Crippen molar-refractivity contribution in [2.75, 3.05) is 7.05 Å². The van der Waals surface area contributed by atoms with Crippen LogP contribution in [0.3, 0.4) is 0 Å². The van der Waals surface area contributed by atoms with E-state index in [-0.39, 0.29) is 6.09 Å². The average molecular weight is 240 g/mol. The number of hydrogen-bond acceptors (Lipinski definition) is 3. The second-order valence-corrected chi connectivity index (χ2v) is 6.23. The third-order valence-corrected chi connectivity index (χ3v) is 3.75. The second-order valence-electron chi connectivity index (χ2n) is 6.23. The fraction of sp³-hybridized carbons (Fsp3) is 0.923. The SMILES string of the molecule is CNC1C[C@H]2CC[C@H](C1)N2C(=O)OC(C)(C)C. The van der Waals surface area contributed by atoms with Crippen molar-refractivity contribution >= 4 is 6.09 Å². The molecule has 0 unspecified atom stereocenters. The molecule has 4 nitrogen and oxygen atoms in total. The molecular weight excluding hydrogens is 216 g/mol. The summed E-state index contributed by atoms with van der Waals surface area (Å²) in [5, 5.41) is 3.33. The predicted octanol–water partition coefficient (Wildman–Crippen LogP) is 2.14. The molecule has 2 saturated heterocycles. The highest BCUT2D eigenvalue weighted by atomic mass is 16.6. The van der Waals surface area contributed by atoms with Gasteiger partial charge >= 0.3 is 6.09 Å². The minimum absolute atomic E-state index is 0.125. The molecule has 98 valence electrons. The largest absolute Gasteiger partial charge is 0.444 e. The van der Waals surface area contributed by atoms with Crippen LogP contribution in [0.25, 0.3) is 0 Å². The third-order valence-electron chi connectivity index (χ3n) is 3.75. The van der Waals surface area contributed by atoms with E-state index >= 15 is 0 Å². The molecule has 0 aromatic rings. The Morgan fingerprint density at radius 2 is 1.76 bits per heavy atom. The lowest BCUT2D eigenvalue weighted by Gasteiger charge is -2.39. The van der Waals surface area contributed by atoms with E-state index in [0.29, 0.717) is 18.1 Å². The fourth-order valence-corrected chi connectivity index (χ4v) is 3.03. The van der Waals surface area contributed by atoms with Crippen LogP contribution in [0.1, 0.15) is 46.5 Å². The van der Waals surface area contributed by atoms with Gasteiger partial charge in [0.05, 0.1) is 0 Å². The zero-order valence-corrected chi connectivity index (χ0v) is 11.3. The Labute approximate surface area is 104 Å². The van der Waals surface area contributed by atoms with Crippen LogP contribution in [0.4, 0.5) is 4.79 Å². The van der Waals surface area contributed by atoms with Gasteiger partial charge in [-0.15, -0.1) is 0 Å². The lowest BCUT2D eigenvalue weighted by atomic mass is 9.98. The lowest BCUT2D eigenvalue weighted by Crippen LogP contribution is -2.52. The highest BCUT2D eigenvalue weighted by molar-refractivity contribution is 5.69. The number of nitrogens with zero attached hydrogens (tertiary/aromatic N) is 1. The monoisotopic (exact) mass is 240 g/mol. The van der Waals surface area contributed by atoms with Crippen molar-refractivity contribution in [3.8, 4) is 0 Å². The Balaban J connectivity index is 2.01. The molecule has 1 N–H and O–H groups in total. The lowest BCUT2D eigenvalue weighted by molar-refractivity contribution is 0.00503. The first-order valence-corrected chi connectivity index (χ1v) is 6.59. The Morgan fingerprint density at radius 3 is 2.18 bits per heavy atom. The van der Waals surface area contributed by atoms with Crippen molar-refractivity contribution in [3.05, 3.63) is 0 Å². The number of carbonyl (C=O) groups is 1. The molecule has 0 saturated carbocycles. The number of fused-ring (bicyclic) bond motifs is 2. The summed E-state index contributed by atoms with van der Waals surface area (Å²) in [7, 11) is 2.01. The standard InChI is InChI=1S/C13H24N2O2/c1-13(2,3)17-12(16)15-10-5-6-11(15)8-9(7-10)14-4/h9-11,14H,5-8H2,1-4H3/t10-,11-/m1/s1. The van der Waals surface area contributed by atoms with Crippen LogP contribution in [0.15, 0.2) is 0 Å². The van der Waals surface area contributed by atoms with Crippen molar-refractivity contribution in [1.82, 2.24) is 10.2 Å². The zero-order chi connectivity index (χ0) is 12.6. The molecule has 2 heterocycles. The molecule has 4 heteroatoms. The predicted molar refractivity (Wildman–Crippen MR) is 67.0 cm³/mol. The molecule has 0 aliphatic carbocycles. The van der Waals surface area contributed by atoms with E-state index in [4.69, 9.17) is 4.74 Å². The van der Waals surface area contributed by atoms with E-state index in [2.05, 4.69) is 5.32 Å². The van der Waals surface area contributed by atoms with Crippen molar-refractivity contribution in [3.63, 3.8) is 0 Å². The van der Waals surface area contributed by atoms with Crippen LogP contribution >= 0.6 is 0 Å². The van der Waals surface area contributed by atoms with Crippen molar-refractivity contribution in [2.45, 2.75) is 70.2 Å². The first-order chi connectivity index (χ1) is 7.90. The summed E-state index contributed by atoms with van der Waals surface area (Å²) < 4.78 is 5.49. The molecule has 2 rings (SSSR count). The number of rotatable bonds is 1. The van der Waals surface area contributed by atoms with Crippen LogP contribution in [0, 0.1) is 0 Å². The maximum atomic E-state index is 12.2. The maximum absolute atomic E-state index is 12.2. The van der Waals surface area contributed by atoms with Gasteiger partial charge in [0, 0.05) is 18.1 Å². The summed E-state index contributed by atoms with van der Waals surface area (Å²) >= 11 is 0. The van der Waals surface area contributed by atoms with Crippen LogP contribution in [0.2, 0.25) is 0 Å². The summed E-state index contributed by atoms with van der Waals surface area (Å²) in [5.41, 5.74) is -0.392. The van der Waals surface area contributed by atoms with E-state index in [1.165, 1.54) is 0 Å². The molecule has 2 aliphatic rings. The minimum atomic E-state index is -0.392. The highest BCUT2D eigenvalue weighted by Crippen LogP contribution is 2.36. The van der Waals surface area contributed by atoms with Gasteiger partial charge in [0.2, 0.25) is 0 Å². The van der Waals surface area contributed by atoms with Crippen LogP contribution in [-0.4, -0.2) is 41.8 Å². The van der Waals surface area contributed by atoms with E-state index < -0.39 is 5.60 Å². The van der Waals surface area contributed by atoms with Gasteiger partial charge in [-0.3, -0.25) is 0 Å². The first-order valence-electron chi connectivity index (χ1n) is 6.59. The number of ether oxygens (including phenoxy) is 1. The minimum Gasteiger partial charge on any atom is -0.444 e. The molecule has 0 radical (unpaired) electrons. The van der Waals surface area contributed by atoms with Gasteiger partial charge in [-0.1, -0.05) is 0 Å². The molecule has 17 heavy (non-hydrogen) atoms. The number of amides is 1.